The molecule has 11 heteroatoms. The minimum atomic E-state index is -3.93. The maximum atomic E-state index is 13.4. The van der Waals surface area contributed by atoms with Crippen LogP contribution < -0.4 is 15.4 Å². The molecule has 0 aliphatic rings. The minimum Gasteiger partial charge on any atom is -0.447 e. The third-order valence-corrected chi connectivity index (χ3v) is 7.87. The Balaban J connectivity index is 1.95. The second kappa shape index (κ2) is 11.6. The van der Waals surface area contributed by atoms with Crippen LogP contribution in [0.2, 0.25) is 0 Å². The largest absolute Gasteiger partial charge is 0.447 e. The van der Waals surface area contributed by atoms with Crippen LogP contribution in [0.4, 0.5) is 16.2 Å². The number of rotatable bonds is 8. The summed E-state index contributed by atoms with van der Waals surface area (Å²) in [4.78, 5) is 29.3. The maximum Gasteiger partial charge on any atom is 0.411 e. The number of aromatic nitrogens is 1. The summed E-state index contributed by atoms with van der Waals surface area (Å²) in [6.45, 7) is 12.4. The average molecular weight is 559 g/mol. The van der Waals surface area contributed by atoms with E-state index in [0.29, 0.717) is 26.8 Å². The van der Waals surface area contributed by atoms with Gasteiger partial charge in [-0.05, 0) is 71.0 Å². The molecule has 0 aliphatic heterocycles. The van der Waals surface area contributed by atoms with Crippen LogP contribution in [0.5, 0.6) is 0 Å². The standard InChI is InChI=1S/C27H34N4O5S2/c1-16(2)24(32)29-20-12-13-21(23(14-20)38(34,35)31-27(5,6)7)22-15-28-25(37-22)18-8-10-19(11-9-18)30-26(33)36-17(3)4/h8-17,31H,1-7H3,(H,29,32)(H,30,33). The van der Waals surface area contributed by atoms with Gasteiger partial charge in [0.05, 0.1) is 15.9 Å². The van der Waals surface area contributed by atoms with E-state index in [1.54, 1.807) is 78.9 Å². The zero-order valence-corrected chi connectivity index (χ0v) is 24.2. The normalized spacial score (nSPS) is 12.0. The summed E-state index contributed by atoms with van der Waals surface area (Å²) < 4.78 is 34.6. The van der Waals surface area contributed by atoms with E-state index in [2.05, 4.69) is 20.3 Å². The van der Waals surface area contributed by atoms with E-state index >= 15 is 0 Å². The van der Waals surface area contributed by atoms with Crippen molar-refractivity contribution >= 4 is 44.7 Å². The van der Waals surface area contributed by atoms with Crippen LogP contribution in [0.25, 0.3) is 21.0 Å². The molecule has 1 heterocycles. The molecule has 3 aromatic rings. The summed E-state index contributed by atoms with van der Waals surface area (Å²) in [7, 11) is -3.93. The number of ether oxygens (including phenoxy) is 1. The first-order chi connectivity index (χ1) is 17.6. The Hall–Kier alpha value is -3.28. The molecule has 204 valence electrons. The Morgan fingerprint density at radius 2 is 1.58 bits per heavy atom. The molecule has 0 saturated heterocycles. The van der Waals surface area contributed by atoms with Crippen LogP contribution >= 0.6 is 11.3 Å². The molecule has 2 amide bonds. The lowest BCUT2D eigenvalue weighted by atomic mass is 10.1. The summed E-state index contributed by atoms with van der Waals surface area (Å²) in [5, 5.41) is 6.12. The number of carbonyl (C=O) groups excluding carboxylic acids is 2. The topological polar surface area (TPSA) is 126 Å². The summed E-state index contributed by atoms with van der Waals surface area (Å²) in [5.41, 5.74) is 1.55. The molecule has 0 fully saturated rings. The number of benzene rings is 2. The number of nitrogens with one attached hydrogen (secondary N) is 3. The first-order valence-corrected chi connectivity index (χ1v) is 14.5. The lowest BCUT2D eigenvalue weighted by Crippen LogP contribution is -2.40. The molecule has 0 atom stereocenters. The smallest absolute Gasteiger partial charge is 0.411 e. The molecule has 0 unspecified atom stereocenters. The molecule has 1 aromatic heterocycles. The van der Waals surface area contributed by atoms with E-state index in [9.17, 15) is 18.0 Å². The fourth-order valence-corrected chi connectivity index (χ4v) is 6.05. The molecular weight excluding hydrogens is 524 g/mol. The summed E-state index contributed by atoms with van der Waals surface area (Å²) in [6.07, 6.45) is 0.870. The third-order valence-electron chi connectivity index (χ3n) is 5.00. The second-order valence-corrected chi connectivity index (χ2v) is 13.1. The SMILES string of the molecule is CC(C)OC(=O)Nc1ccc(-c2ncc(-c3ccc(NC(=O)C(C)C)cc3S(=O)(=O)NC(C)(C)C)s2)cc1. The Morgan fingerprint density at radius 3 is 2.16 bits per heavy atom. The highest BCUT2D eigenvalue weighted by Crippen LogP contribution is 2.37. The van der Waals surface area contributed by atoms with E-state index in [0.717, 1.165) is 5.56 Å². The molecule has 2 aromatic carbocycles. The van der Waals surface area contributed by atoms with Crippen molar-refractivity contribution in [3.8, 4) is 21.0 Å². The van der Waals surface area contributed by atoms with E-state index in [1.165, 1.54) is 17.4 Å². The van der Waals surface area contributed by atoms with Gasteiger partial charge in [-0.3, -0.25) is 10.1 Å². The Labute approximate surface area is 228 Å². The Bertz CT molecular complexity index is 1410. The van der Waals surface area contributed by atoms with Gasteiger partial charge in [-0.1, -0.05) is 19.9 Å². The van der Waals surface area contributed by atoms with Crippen molar-refractivity contribution < 1.29 is 22.7 Å². The van der Waals surface area contributed by atoms with Crippen molar-refractivity contribution in [2.75, 3.05) is 10.6 Å². The zero-order chi connectivity index (χ0) is 28.3. The van der Waals surface area contributed by atoms with Crippen LogP contribution in [-0.2, 0) is 19.6 Å². The lowest BCUT2D eigenvalue weighted by molar-refractivity contribution is -0.118. The van der Waals surface area contributed by atoms with E-state index in [-0.39, 0.29) is 22.8 Å². The molecule has 38 heavy (non-hydrogen) atoms. The van der Waals surface area contributed by atoms with Gasteiger partial charge in [-0.2, -0.15) is 0 Å². The van der Waals surface area contributed by atoms with Crippen molar-refractivity contribution in [1.29, 1.82) is 0 Å². The molecule has 0 bridgehead atoms. The predicted molar refractivity (Wildman–Crippen MR) is 152 cm³/mol. The van der Waals surface area contributed by atoms with Gasteiger partial charge in [-0.25, -0.2) is 22.9 Å². The predicted octanol–water partition coefficient (Wildman–Crippen LogP) is 6.11. The van der Waals surface area contributed by atoms with Crippen LogP contribution in [0.3, 0.4) is 0 Å². The first-order valence-electron chi connectivity index (χ1n) is 12.2. The summed E-state index contributed by atoms with van der Waals surface area (Å²) in [5.74, 6) is -0.464. The number of nitrogens with zero attached hydrogens (tertiary/aromatic N) is 1. The van der Waals surface area contributed by atoms with Gasteiger partial charge in [0.25, 0.3) is 0 Å². The van der Waals surface area contributed by atoms with Gasteiger partial charge < -0.3 is 10.1 Å². The number of anilines is 2. The highest BCUT2D eigenvalue weighted by atomic mass is 32.2. The highest BCUT2D eigenvalue weighted by molar-refractivity contribution is 7.89. The monoisotopic (exact) mass is 558 g/mol. The van der Waals surface area contributed by atoms with E-state index in [1.807, 2.05) is 12.1 Å². The van der Waals surface area contributed by atoms with Crippen molar-refractivity contribution in [2.24, 2.45) is 5.92 Å². The van der Waals surface area contributed by atoms with Gasteiger partial charge in [0.2, 0.25) is 15.9 Å². The molecule has 0 aliphatic carbocycles. The van der Waals surface area contributed by atoms with Crippen molar-refractivity contribution in [3.05, 3.63) is 48.7 Å². The van der Waals surface area contributed by atoms with Gasteiger partial charge in [-0.15, -0.1) is 11.3 Å². The first kappa shape index (κ1) is 29.3. The second-order valence-electron chi connectivity index (χ2n) is 10.4. The number of hydrogen-bond donors (Lipinski definition) is 3. The van der Waals surface area contributed by atoms with Crippen molar-refractivity contribution in [3.63, 3.8) is 0 Å². The molecule has 3 N–H and O–H groups in total. The van der Waals surface area contributed by atoms with Gasteiger partial charge in [0.1, 0.15) is 5.01 Å². The van der Waals surface area contributed by atoms with Gasteiger partial charge in [0.15, 0.2) is 0 Å². The quantitative estimate of drug-likeness (QED) is 0.306. The third kappa shape index (κ3) is 7.86. The number of sulfonamides is 1. The van der Waals surface area contributed by atoms with Crippen LogP contribution in [0, 0.1) is 5.92 Å². The lowest BCUT2D eigenvalue weighted by Gasteiger charge is -2.22. The average Bonchev–Trinajstić information content (AvgIpc) is 3.27. The van der Waals surface area contributed by atoms with Crippen molar-refractivity contribution in [1.82, 2.24) is 9.71 Å². The van der Waals surface area contributed by atoms with Crippen LogP contribution in [0.1, 0.15) is 48.5 Å². The number of hydrogen-bond acceptors (Lipinski definition) is 7. The van der Waals surface area contributed by atoms with Crippen LogP contribution in [0.15, 0.2) is 53.6 Å². The number of amides is 2. The zero-order valence-electron chi connectivity index (χ0n) is 22.6. The number of thiazole rings is 1. The molecule has 9 nitrogen and oxygen atoms in total. The fraction of sp³-hybridized carbons (Fsp3) is 0.370. The highest BCUT2D eigenvalue weighted by Gasteiger charge is 2.27. The number of carbonyl (C=O) groups is 2. The van der Waals surface area contributed by atoms with E-state index < -0.39 is 21.7 Å². The Morgan fingerprint density at radius 1 is 0.947 bits per heavy atom. The molecule has 0 spiro atoms. The summed E-state index contributed by atoms with van der Waals surface area (Å²) in [6, 6.07) is 12.0. The van der Waals surface area contributed by atoms with E-state index in [4.69, 9.17) is 4.74 Å². The minimum absolute atomic E-state index is 0.0485. The van der Waals surface area contributed by atoms with Gasteiger partial charge in [0, 0.05) is 40.2 Å². The molecular formula is C27H34N4O5S2. The molecule has 3 rings (SSSR count). The van der Waals surface area contributed by atoms with Gasteiger partial charge >= 0.3 is 6.09 Å². The fourth-order valence-electron chi connectivity index (χ4n) is 3.36. The molecule has 0 radical (unpaired) electrons. The van der Waals surface area contributed by atoms with Crippen molar-refractivity contribution in [2.45, 2.75) is 65.0 Å². The summed E-state index contributed by atoms with van der Waals surface area (Å²) >= 11 is 1.34. The van der Waals surface area contributed by atoms with Crippen LogP contribution in [-0.4, -0.2) is 37.0 Å². The Kier molecular flexibility index (Phi) is 8.96. The maximum absolute atomic E-state index is 13.4. The molecule has 0 saturated carbocycles.